The van der Waals surface area contributed by atoms with Crippen LogP contribution in [0.3, 0.4) is 0 Å². The molecule has 0 fully saturated rings. The van der Waals surface area contributed by atoms with Crippen LogP contribution in [0.1, 0.15) is 41.3 Å². The molecule has 4 heteroatoms. The van der Waals surface area contributed by atoms with Gasteiger partial charge in [-0.2, -0.15) is 0 Å². The Morgan fingerprint density at radius 3 is 2.83 bits per heavy atom. The molecular formula is C14H16N2OS. The predicted molar refractivity (Wildman–Crippen MR) is 74.1 cm³/mol. The predicted octanol–water partition coefficient (Wildman–Crippen LogP) is 3.67. The average molecular weight is 260 g/mol. The third-order valence-corrected chi connectivity index (χ3v) is 3.99. The number of rotatable bonds is 4. The van der Waals surface area contributed by atoms with Gasteiger partial charge in [-0.15, -0.1) is 11.3 Å². The monoisotopic (exact) mass is 260 g/mol. The van der Waals surface area contributed by atoms with Crippen LogP contribution in [0.2, 0.25) is 0 Å². The molecule has 0 aliphatic rings. The van der Waals surface area contributed by atoms with Gasteiger partial charge in [-0.1, -0.05) is 13.3 Å². The lowest BCUT2D eigenvalue weighted by atomic mass is 10.2. The zero-order chi connectivity index (χ0) is 13.1. The third kappa shape index (κ3) is 2.64. The molecule has 0 radical (unpaired) electrons. The molecule has 0 unspecified atom stereocenters. The van der Waals surface area contributed by atoms with Gasteiger partial charge in [0.15, 0.2) is 5.78 Å². The van der Waals surface area contributed by atoms with Gasteiger partial charge in [0.2, 0.25) is 0 Å². The van der Waals surface area contributed by atoms with Gasteiger partial charge in [0, 0.05) is 24.4 Å². The maximum Gasteiger partial charge on any atom is 0.171 e. The summed E-state index contributed by atoms with van der Waals surface area (Å²) in [6.45, 7) is 5.60. The Morgan fingerprint density at radius 1 is 1.44 bits per heavy atom. The minimum Gasteiger partial charge on any atom is -0.294 e. The van der Waals surface area contributed by atoms with E-state index in [9.17, 15) is 4.79 Å². The summed E-state index contributed by atoms with van der Waals surface area (Å²) in [5.74, 6) is 0.0825. The largest absolute Gasteiger partial charge is 0.294 e. The molecule has 0 atom stereocenters. The molecule has 18 heavy (non-hydrogen) atoms. The number of hydrogen-bond donors (Lipinski definition) is 0. The fourth-order valence-corrected chi connectivity index (χ4v) is 2.81. The standard InChI is InChI=1S/C14H16N2OS/c1-4-5-12-8-11(6-7-15-12)14-16-9(2)13(18-14)10(3)17/h6-8H,4-5H2,1-3H3. The normalized spacial score (nSPS) is 10.6. The Morgan fingerprint density at radius 2 is 2.22 bits per heavy atom. The zero-order valence-corrected chi connectivity index (χ0v) is 11.7. The van der Waals surface area contributed by atoms with Crippen LogP contribution in [0.25, 0.3) is 10.6 Å². The van der Waals surface area contributed by atoms with Crippen LogP contribution < -0.4 is 0 Å². The molecule has 2 heterocycles. The number of carbonyl (C=O) groups is 1. The molecule has 0 saturated carbocycles. The summed E-state index contributed by atoms with van der Waals surface area (Å²) in [6, 6.07) is 4.01. The number of aryl methyl sites for hydroxylation is 2. The van der Waals surface area contributed by atoms with Crippen molar-refractivity contribution in [1.29, 1.82) is 0 Å². The van der Waals surface area contributed by atoms with E-state index in [4.69, 9.17) is 0 Å². The maximum atomic E-state index is 11.4. The highest BCUT2D eigenvalue weighted by molar-refractivity contribution is 7.17. The molecule has 3 nitrogen and oxygen atoms in total. The molecule has 0 aliphatic heterocycles. The SMILES string of the molecule is CCCc1cc(-c2nc(C)c(C(C)=O)s2)ccn1. The van der Waals surface area contributed by atoms with E-state index in [0.717, 1.165) is 39.7 Å². The summed E-state index contributed by atoms with van der Waals surface area (Å²) < 4.78 is 0. The second-order valence-electron chi connectivity index (χ2n) is 4.28. The summed E-state index contributed by atoms with van der Waals surface area (Å²) in [5, 5.41) is 0.900. The van der Waals surface area contributed by atoms with Crippen molar-refractivity contribution in [2.45, 2.75) is 33.6 Å². The lowest BCUT2D eigenvalue weighted by Crippen LogP contribution is -1.89. The molecule has 0 aromatic carbocycles. The van der Waals surface area contributed by atoms with Gasteiger partial charge in [-0.25, -0.2) is 4.98 Å². The fraction of sp³-hybridized carbons (Fsp3) is 0.357. The van der Waals surface area contributed by atoms with E-state index in [-0.39, 0.29) is 5.78 Å². The quantitative estimate of drug-likeness (QED) is 0.788. The lowest BCUT2D eigenvalue weighted by molar-refractivity contribution is 0.102. The summed E-state index contributed by atoms with van der Waals surface area (Å²) in [6.07, 6.45) is 3.86. The highest BCUT2D eigenvalue weighted by Gasteiger charge is 2.13. The number of aromatic nitrogens is 2. The summed E-state index contributed by atoms with van der Waals surface area (Å²) in [7, 11) is 0. The molecule has 0 N–H and O–H groups in total. The molecule has 94 valence electrons. The van der Waals surface area contributed by atoms with Gasteiger partial charge >= 0.3 is 0 Å². The second kappa shape index (κ2) is 5.40. The summed E-state index contributed by atoms with van der Waals surface area (Å²) >= 11 is 1.46. The van der Waals surface area contributed by atoms with E-state index in [1.54, 1.807) is 6.92 Å². The minimum absolute atomic E-state index is 0.0825. The Balaban J connectivity index is 2.39. The molecular weight excluding hydrogens is 244 g/mol. The van der Waals surface area contributed by atoms with E-state index in [1.807, 2.05) is 19.2 Å². The first-order valence-corrected chi connectivity index (χ1v) is 6.87. The number of carbonyl (C=O) groups excluding carboxylic acids is 1. The number of pyridine rings is 1. The van der Waals surface area contributed by atoms with Crippen molar-refractivity contribution in [3.8, 4) is 10.6 Å². The van der Waals surface area contributed by atoms with E-state index < -0.39 is 0 Å². The van der Waals surface area contributed by atoms with Gasteiger partial charge in [0.05, 0.1) is 10.6 Å². The van der Waals surface area contributed by atoms with Crippen LogP contribution in [-0.4, -0.2) is 15.8 Å². The average Bonchev–Trinajstić information content (AvgIpc) is 2.72. The van der Waals surface area contributed by atoms with E-state index >= 15 is 0 Å². The van der Waals surface area contributed by atoms with Crippen LogP contribution in [0.5, 0.6) is 0 Å². The molecule has 0 saturated heterocycles. The number of thiazole rings is 1. The molecule has 2 aromatic heterocycles. The highest BCUT2D eigenvalue weighted by Crippen LogP contribution is 2.28. The number of hydrogen-bond acceptors (Lipinski definition) is 4. The van der Waals surface area contributed by atoms with Crippen molar-refractivity contribution in [2.24, 2.45) is 0 Å². The topological polar surface area (TPSA) is 42.9 Å². The van der Waals surface area contributed by atoms with Gasteiger partial charge in [-0.05, 0) is 25.5 Å². The molecule has 0 aliphatic carbocycles. The van der Waals surface area contributed by atoms with E-state index in [0.29, 0.717) is 0 Å². The van der Waals surface area contributed by atoms with Crippen LogP contribution in [0.4, 0.5) is 0 Å². The van der Waals surface area contributed by atoms with Crippen molar-refractivity contribution in [1.82, 2.24) is 9.97 Å². The van der Waals surface area contributed by atoms with Gasteiger partial charge in [0.25, 0.3) is 0 Å². The molecule has 2 rings (SSSR count). The minimum atomic E-state index is 0.0825. The van der Waals surface area contributed by atoms with Crippen molar-refractivity contribution in [2.75, 3.05) is 0 Å². The van der Waals surface area contributed by atoms with Crippen molar-refractivity contribution < 1.29 is 4.79 Å². The first kappa shape index (κ1) is 12.9. The highest BCUT2D eigenvalue weighted by atomic mass is 32.1. The van der Waals surface area contributed by atoms with E-state index in [1.165, 1.54) is 11.3 Å². The molecule has 0 amide bonds. The Labute approximate surface area is 111 Å². The Bertz CT molecular complexity index is 575. The first-order chi connectivity index (χ1) is 8.61. The molecule has 0 spiro atoms. The number of nitrogens with zero attached hydrogens (tertiary/aromatic N) is 2. The van der Waals surface area contributed by atoms with Gasteiger partial charge < -0.3 is 0 Å². The van der Waals surface area contributed by atoms with Gasteiger partial charge in [0.1, 0.15) is 5.01 Å². The summed E-state index contributed by atoms with van der Waals surface area (Å²) in [4.78, 5) is 21.0. The third-order valence-electron chi connectivity index (χ3n) is 2.69. The Kier molecular flexibility index (Phi) is 3.87. The van der Waals surface area contributed by atoms with Crippen molar-refractivity contribution in [3.63, 3.8) is 0 Å². The lowest BCUT2D eigenvalue weighted by Gasteiger charge is -2.00. The number of ketones is 1. The second-order valence-corrected chi connectivity index (χ2v) is 5.27. The van der Waals surface area contributed by atoms with Crippen LogP contribution in [0.15, 0.2) is 18.3 Å². The number of Topliss-reactive ketones (excluding diaryl/α,β-unsaturated/α-hetero) is 1. The van der Waals surface area contributed by atoms with E-state index in [2.05, 4.69) is 23.0 Å². The van der Waals surface area contributed by atoms with Crippen molar-refractivity contribution in [3.05, 3.63) is 34.6 Å². The zero-order valence-electron chi connectivity index (χ0n) is 10.9. The Hall–Kier alpha value is -1.55. The first-order valence-electron chi connectivity index (χ1n) is 6.05. The smallest absolute Gasteiger partial charge is 0.171 e. The van der Waals surface area contributed by atoms with Crippen LogP contribution >= 0.6 is 11.3 Å². The van der Waals surface area contributed by atoms with Crippen LogP contribution in [-0.2, 0) is 6.42 Å². The van der Waals surface area contributed by atoms with Gasteiger partial charge in [-0.3, -0.25) is 9.78 Å². The molecule has 0 bridgehead atoms. The van der Waals surface area contributed by atoms with Crippen LogP contribution in [0, 0.1) is 6.92 Å². The maximum absolute atomic E-state index is 11.4. The van der Waals surface area contributed by atoms with Crippen molar-refractivity contribution >= 4 is 17.1 Å². The fourth-order valence-electron chi connectivity index (χ4n) is 1.85. The molecule has 2 aromatic rings. The summed E-state index contributed by atoms with van der Waals surface area (Å²) in [5.41, 5.74) is 2.94.